The quantitative estimate of drug-likeness (QED) is 0.777. The van der Waals surface area contributed by atoms with Crippen LogP contribution in [0.3, 0.4) is 0 Å². The Kier molecular flexibility index (Phi) is 4.46. The number of Topliss-reactive ketones (excluding diaryl/α,β-unsaturated/α-hetero) is 1. The highest BCUT2D eigenvalue weighted by Crippen LogP contribution is 2.21. The molecular weight excluding hydrogens is 236 g/mol. The van der Waals surface area contributed by atoms with Crippen LogP contribution in [0.25, 0.3) is 0 Å². The van der Waals surface area contributed by atoms with Crippen LogP contribution in [0.1, 0.15) is 60.9 Å². The van der Waals surface area contributed by atoms with Crippen molar-refractivity contribution in [2.75, 3.05) is 19.6 Å². The van der Waals surface area contributed by atoms with E-state index >= 15 is 0 Å². The second-order valence-corrected chi connectivity index (χ2v) is 6.01. The average Bonchev–Trinajstić information content (AvgIpc) is 2.66. The minimum Gasteiger partial charge on any atom is -0.346 e. The van der Waals surface area contributed by atoms with Crippen LogP contribution < -0.4 is 0 Å². The Bertz CT molecular complexity index is 454. The van der Waals surface area contributed by atoms with Crippen molar-refractivity contribution in [2.45, 2.75) is 53.0 Å². The first-order valence-electron chi connectivity index (χ1n) is 7.44. The van der Waals surface area contributed by atoms with Crippen LogP contribution in [0.5, 0.6) is 0 Å². The first kappa shape index (κ1) is 14.3. The number of hydrogen-bond donors (Lipinski definition) is 0. The number of carbonyl (C=O) groups excluding carboxylic acids is 1. The summed E-state index contributed by atoms with van der Waals surface area (Å²) < 4.78 is 2.25. The van der Waals surface area contributed by atoms with E-state index in [9.17, 15) is 4.79 Å². The first-order chi connectivity index (χ1) is 9.00. The summed E-state index contributed by atoms with van der Waals surface area (Å²) in [5, 5.41) is 0. The number of ketones is 1. The first-order valence-corrected chi connectivity index (χ1v) is 7.44. The maximum atomic E-state index is 12.5. The fraction of sp³-hybridized carbons (Fsp3) is 0.688. The third-order valence-electron chi connectivity index (χ3n) is 4.12. The van der Waals surface area contributed by atoms with Crippen LogP contribution in [0.4, 0.5) is 0 Å². The van der Waals surface area contributed by atoms with Gasteiger partial charge in [0.15, 0.2) is 5.78 Å². The zero-order chi connectivity index (χ0) is 14.0. The summed E-state index contributed by atoms with van der Waals surface area (Å²) in [6, 6.07) is 2.47. The summed E-state index contributed by atoms with van der Waals surface area (Å²) in [6.07, 6.45) is 3.78. The van der Waals surface area contributed by atoms with Gasteiger partial charge in [-0.25, -0.2) is 0 Å². The molecule has 1 fully saturated rings. The van der Waals surface area contributed by atoms with E-state index in [1.165, 1.54) is 25.0 Å². The van der Waals surface area contributed by atoms with Crippen molar-refractivity contribution in [3.63, 3.8) is 0 Å². The molecular formula is C16H26N2O. The van der Waals surface area contributed by atoms with Crippen LogP contribution in [0.15, 0.2) is 6.07 Å². The number of aryl methyl sites for hydroxylation is 1. The number of hydrogen-bond acceptors (Lipinski definition) is 2. The lowest BCUT2D eigenvalue weighted by molar-refractivity contribution is 0.0915. The molecule has 1 aliphatic heterocycles. The maximum absolute atomic E-state index is 12.5. The van der Waals surface area contributed by atoms with E-state index in [-0.39, 0.29) is 5.78 Å². The van der Waals surface area contributed by atoms with Crippen LogP contribution in [-0.2, 0) is 0 Å². The largest absolute Gasteiger partial charge is 0.346 e. The lowest BCUT2D eigenvalue weighted by atomic mass is 10.1. The number of likely N-dealkylation sites (tertiary alicyclic amines) is 1. The predicted octanol–water partition coefficient (Wildman–Crippen LogP) is 3.35. The highest BCUT2D eigenvalue weighted by atomic mass is 16.1. The molecule has 3 heteroatoms. The van der Waals surface area contributed by atoms with Gasteiger partial charge in [-0.3, -0.25) is 9.69 Å². The molecule has 0 N–H and O–H groups in total. The van der Waals surface area contributed by atoms with Gasteiger partial charge in [0, 0.05) is 23.0 Å². The standard InChI is InChI=1S/C16H26N2O/c1-12(2)18-13(3)10-15(14(18)4)16(19)11-17-8-6-5-7-9-17/h10,12H,5-9,11H2,1-4H3. The second-order valence-electron chi connectivity index (χ2n) is 6.01. The van der Waals surface area contributed by atoms with Crippen molar-refractivity contribution in [2.24, 2.45) is 0 Å². The van der Waals surface area contributed by atoms with Crippen molar-refractivity contribution in [3.8, 4) is 0 Å². The Morgan fingerprint density at radius 3 is 2.37 bits per heavy atom. The Hall–Kier alpha value is -1.09. The molecule has 106 valence electrons. The summed E-state index contributed by atoms with van der Waals surface area (Å²) in [5.41, 5.74) is 3.22. The van der Waals surface area contributed by atoms with Crippen LogP contribution >= 0.6 is 0 Å². The third kappa shape index (κ3) is 3.08. The molecule has 3 nitrogen and oxygen atoms in total. The minimum atomic E-state index is 0.280. The summed E-state index contributed by atoms with van der Waals surface area (Å²) in [4.78, 5) is 14.8. The van der Waals surface area contributed by atoms with E-state index in [2.05, 4.69) is 43.2 Å². The van der Waals surface area contributed by atoms with Gasteiger partial charge in [-0.1, -0.05) is 6.42 Å². The van der Waals surface area contributed by atoms with Gasteiger partial charge >= 0.3 is 0 Å². The van der Waals surface area contributed by atoms with Crippen molar-refractivity contribution in [1.29, 1.82) is 0 Å². The topological polar surface area (TPSA) is 25.2 Å². The van der Waals surface area contributed by atoms with Gasteiger partial charge in [0.1, 0.15) is 0 Å². The number of rotatable bonds is 4. The maximum Gasteiger partial charge on any atom is 0.178 e. The van der Waals surface area contributed by atoms with E-state index in [0.29, 0.717) is 12.6 Å². The SMILES string of the molecule is Cc1cc(C(=O)CN2CCCCC2)c(C)n1C(C)C. The van der Waals surface area contributed by atoms with Gasteiger partial charge in [-0.15, -0.1) is 0 Å². The number of aromatic nitrogens is 1. The number of piperidine rings is 1. The summed E-state index contributed by atoms with van der Waals surface area (Å²) in [7, 11) is 0. The minimum absolute atomic E-state index is 0.280. The molecule has 1 aromatic heterocycles. The Morgan fingerprint density at radius 2 is 1.84 bits per heavy atom. The van der Waals surface area contributed by atoms with Crippen LogP contribution in [0.2, 0.25) is 0 Å². The van der Waals surface area contributed by atoms with Crippen LogP contribution in [0, 0.1) is 13.8 Å². The molecule has 2 heterocycles. The zero-order valence-corrected chi connectivity index (χ0v) is 12.7. The lowest BCUT2D eigenvalue weighted by Gasteiger charge is -2.25. The van der Waals surface area contributed by atoms with E-state index < -0.39 is 0 Å². The second kappa shape index (κ2) is 5.91. The number of nitrogens with zero attached hydrogens (tertiary/aromatic N) is 2. The molecule has 2 rings (SSSR count). The molecule has 1 aliphatic rings. The zero-order valence-electron chi connectivity index (χ0n) is 12.7. The fourth-order valence-electron chi connectivity index (χ4n) is 3.26. The lowest BCUT2D eigenvalue weighted by Crippen LogP contribution is -2.34. The molecule has 1 saturated heterocycles. The molecule has 19 heavy (non-hydrogen) atoms. The Balaban J connectivity index is 2.12. The van der Waals surface area contributed by atoms with E-state index in [1.54, 1.807) is 0 Å². The van der Waals surface area contributed by atoms with E-state index in [1.807, 2.05) is 0 Å². The van der Waals surface area contributed by atoms with E-state index in [0.717, 1.165) is 24.3 Å². The van der Waals surface area contributed by atoms with Gasteiger partial charge in [0.2, 0.25) is 0 Å². The van der Waals surface area contributed by atoms with E-state index in [4.69, 9.17) is 0 Å². The van der Waals surface area contributed by atoms with Gasteiger partial charge in [-0.2, -0.15) is 0 Å². The molecule has 0 spiro atoms. The van der Waals surface area contributed by atoms with Crippen molar-refractivity contribution in [1.82, 2.24) is 9.47 Å². The van der Waals surface area contributed by atoms with Gasteiger partial charge in [0.05, 0.1) is 6.54 Å². The summed E-state index contributed by atoms with van der Waals surface area (Å²) in [5.74, 6) is 0.280. The van der Waals surface area contributed by atoms with Crippen molar-refractivity contribution >= 4 is 5.78 Å². The Morgan fingerprint density at radius 1 is 1.21 bits per heavy atom. The molecule has 0 radical (unpaired) electrons. The molecule has 0 aliphatic carbocycles. The molecule has 0 bridgehead atoms. The van der Waals surface area contributed by atoms with Gasteiger partial charge < -0.3 is 4.57 Å². The van der Waals surface area contributed by atoms with Crippen molar-refractivity contribution in [3.05, 3.63) is 23.0 Å². The Labute approximate surface area is 116 Å². The monoisotopic (exact) mass is 262 g/mol. The van der Waals surface area contributed by atoms with Gasteiger partial charge in [-0.05, 0) is 59.7 Å². The third-order valence-corrected chi connectivity index (χ3v) is 4.12. The molecule has 0 aromatic carbocycles. The molecule has 1 aromatic rings. The molecule has 0 amide bonds. The highest BCUT2D eigenvalue weighted by molar-refractivity contribution is 5.99. The highest BCUT2D eigenvalue weighted by Gasteiger charge is 2.20. The average molecular weight is 262 g/mol. The normalized spacial score (nSPS) is 17.1. The smallest absolute Gasteiger partial charge is 0.178 e. The molecule has 0 unspecified atom stereocenters. The fourth-order valence-corrected chi connectivity index (χ4v) is 3.26. The predicted molar refractivity (Wildman–Crippen MR) is 78.9 cm³/mol. The number of carbonyl (C=O) groups is 1. The molecule has 0 atom stereocenters. The van der Waals surface area contributed by atoms with Gasteiger partial charge in [0.25, 0.3) is 0 Å². The van der Waals surface area contributed by atoms with Crippen LogP contribution in [-0.4, -0.2) is 34.9 Å². The molecule has 0 saturated carbocycles. The van der Waals surface area contributed by atoms with Crippen molar-refractivity contribution < 1.29 is 4.79 Å². The summed E-state index contributed by atoms with van der Waals surface area (Å²) in [6.45, 7) is 11.2. The summed E-state index contributed by atoms with van der Waals surface area (Å²) >= 11 is 0.